The summed E-state index contributed by atoms with van der Waals surface area (Å²) in [7, 11) is 0. The molecular formula is C38H62O21. The van der Waals surface area contributed by atoms with Gasteiger partial charge in [-0.1, -0.05) is 27.7 Å². The third-order valence-corrected chi connectivity index (χ3v) is 9.94. The summed E-state index contributed by atoms with van der Waals surface area (Å²) in [5, 5.41) is 49.4. The molecule has 21 heteroatoms. The minimum Gasteiger partial charge on any atom is -0.456 e. The minimum atomic E-state index is -1.47. The summed E-state index contributed by atoms with van der Waals surface area (Å²) in [5.41, 5.74) is 0. The number of ether oxygens (including phenoxy) is 11. The Kier molecular flexibility index (Phi) is 18.9. The average Bonchev–Trinajstić information content (AvgIpc) is 3.11. The topological polar surface area (TPSA) is 288 Å². The van der Waals surface area contributed by atoms with Gasteiger partial charge in [0.25, 0.3) is 0 Å². The zero-order chi connectivity index (χ0) is 44.6. The van der Waals surface area contributed by atoms with Crippen LogP contribution in [0, 0.1) is 11.8 Å². The van der Waals surface area contributed by atoms with Crippen molar-refractivity contribution in [2.24, 2.45) is 11.8 Å². The Morgan fingerprint density at radius 2 is 0.915 bits per heavy atom. The van der Waals surface area contributed by atoms with Crippen LogP contribution in [0.5, 0.6) is 0 Å². The Hall–Kier alpha value is -3.09. The predicted octanol–water partition coefficient (Wildman–Crippen LogP) is -1.19. The summed E-state index contributed by atoms with van der Waals surface area (Å²) in [5.74, 6) is -3.56. The number of hydrogen-bond acceptors (Lipinski definition) is 21. The van der Waals surface area contributed by atoms with Crippen molar-refractivity contribution in [2.45, 2.75) is 186 Å². The zero-order valence-corrected chi connectivity index (χ0v) is 35.2. The number of hydrogen-bond donors (Lipinski definition) is 5. The first kappa shape index (κ1) is 50.3. The van der Waals surface area contributed by atoms with Crippen molar-refractivity contribution in [2.75, 3.05) is 13.2 Å². The second-order valence-corrected chi connectivity index (χ2v) is 15.7. The van der Waals surface area contributed by atoms with Gasteiger partial charge in [0.05, 0.1) is 37.6 Å². The molecule has 0 radical (unpaired) electrons. The van der Waals surface area contributed by atoms with E-state index in [1.165, 1.54) is 20.8 Å². The molecule has 59 heavy (non-hydrogen) atoms. The van der Waals surface area contributed by atoms with E-state index in [-0.39, 0.29) is 25.0 Å². The third kappa shape index (κ3) is 13.4. The van der Waals surface area contributed by atoms with E-state index in [9.17, 15) is 49.5 Å². The maximum Gasteiger partial charge on any atom is 0.303 e. The van der Waals surface area contributed by atoms with Crippen LogP contribution in [0.25, 0.3) is 0 Å². The van der Waals surface area contributed by atoms with Crippen LogP contribution in [0.1, 0.15) is 76.2 Å². The van der Waals surface area contributed by atoms with E-state index in [2.05, 4.69) is 0 Å². The standard InChI is InChI=1S/C24H36O13.C14H26O8/c1-10(2)18-21(20(34-14(6)27)17(9-30-18)32-12(4)25)37-24-23(36-16(8)29)22(35-15(7)28)19(11(3)31-24)33-13(5)26;1-5(2)12-13(9(17)7(15)4-20-12)22-14-11(19)10(18)8(16)6(3)21-14/h10-11,17-24H,9H2,1-8H3;5-19H,4H2,1-3H3/t11-,17-,18?,19-,20-,21-,22+,23+,24-;6-,7-,8-,9-,10+,11+,12?,13+,14-/m00/s1. The van der Waals surface area contributed by atoms with Crippen LogP contribution in [0.3, 0.4) is 0 Å². The molecule has 0 aromatic rings. The van der Waals surface area contributed by atoms with Crippen LogP contribution in [-0.2, 0) is 76.1 Å². The molecule has 0 saturated carbocycles. The molecule has 18 atom stereocenters. The molecule has 21 nitrogen and oxygen atoms in total. The van der Waals surface area contributed by atoms with Crippen molar-refractivity contribution >= 4 is 29.8 Å². The molecule has 2 unspecified atom stereocenters. The van der Waals surface area contributed by atoms with E-state index in [0.29, 0.717) is 0 Å². The fourth-order valence-corrected chi connectivity index (χ4v) is 7.23. The van der Waals surface area contributed by atoms with Crippen LogP contribution >= 0.6 is 0 Å². The summed E-state index contributed by atoms with van der Waals surface area (Å²) in [6.45, 7) is 16.4. The molecule has 5 N–H and O–H groups in total. The van der Waals surface area contributed by atoms with E-state index < -0.39 is 140 Å². The molecule has 4 heterocycles. The minimum absolute atomic E-state index is 0.000760. The number of aliphatic hydroxyl groups excluding tert-OH is 5. The molecule has 4 aliphatic rings. The second-order valence-electron chi connectivity index (χ2n) is 15.7. The van der Waals surface area contributed by atoms with Gasteiger partial charge in [-0.15, -0.1) is 0 Å². The van der Waals surface area contributed by atoms with Gasteiger partial charge in [-0.25, -0.2) is 0 Å². The van der Waals surface area contributed by atoms with E-state index in [0.717, 1.165) is 13.8 Å². The van der Waals surface area contributed by atoms with Gasteiger partial charge in [-0.05, 0) is 25.7 Å². The molecule has 340 valence electrons. The van der Waals surface area contributed by atoms with Crippen molar-refractivity contribution in [3.63, 3.8) is 0 Å². The first-order valence-corrected chi connectivity index (χ1v) is 19.6. The van der Waals surface area contributed by atoms with E-state index in [1.807, 2.05) is 27.7 Å². The Morgan fingerprint density at radius 1 is 0.475 bits per heavy atom. The zero-order valence-electron chi connectivity index (χ0n) is 35.2. The third-order valence-electron chi connectivity index (χ3n) is 9.94. The lowest BCUT2D eigenvalue weighted by atomic mass is 9.91. The SMILES string of the molecule is CC(=O)O[C@@H]1[C@@H](OC(C)=O)[C@H](C)O[C@@H](O[C@H]2C(C(C)C)OC[C@H](OC(C)=O)[C@@H]2OC(C)=O)[C@@H]1OC(C)=O.CC(C)C1OC[C@H](O)[C@H](O)[C@H]1O[C@@H]1O[C@@H](C)[C@H](O)[C@@H](O)[C@H]1O. The summed E-state index contributed by atoms with van der Waals surface area (Å²) < 4.78 is 61.6. The van der Waals surface area contributed by atoms with E-state index in [4.69, 9.17) is 52.1 Å². The molecule has 0 spiro atoms. The van der Waals surface area contributed by atoms with Crippen LogP contribution < -0.4 is 0 Å². The number of aliphatic hydroxyl groups is 5. The van der Waals surface area contributed by atoms with Crippen molar-refractivity contribution in [1.29, 1.82) is 0 Å². The maximum atomic E-state index is 12.0. The lowest BCUT2D eigenvalue weighted by Gasteiger charge is -2.47. The van der Waals surface area contributed by atoms with Crippen LogP contribution in [0.4, 0.5) is 0 Å². The van der Waals surface area contributed by atoms with Gasteiger partial charge in [0.15, 0.2) is 43.1 Å². The fraction of sp³-hybridized carbons (Fsp3) is 0.868. The lowest BCUT2D eigenvalue weighted by Crippen LogP contribution is -2.65. The molecule has 4 aliphatic heterocycles. The first-order valence-electron chi connectivity index (χ1n) is 19.6. The Bertz CT molecular complexity index is 1410. The molecule has 0 aliphatic carbocycles. The van der Waals surface area contributed by atoms with E-state index >= 15 is 0 Å². The van der Waals surface area contributed by atoms with Gasteiger partial charge >= 0.3 is 29.8 Å². The summed E-state index contributed by atoms with van der Waals surface area (Å²) in [6.07, 6.45) is -19.6. The number of carbonyl (C=O) groups is 5. The summed E-state index contributed by atoms with van der Waals surface area (Å²) in [4.78, 5) is 59.4. The van der Waals surface area contributed by atoms with Crippen LogP contribution in [0.15, 0.2) is 0 Å². The van der Waals surface area contributed by atoms with Crippen molar-refractivity contribution < 1.29 is 102 Å². The molecule has 0 amide bonds. The molecule has 4 rings (SSSR count). The molecule has 0 bridgehead atoms. The monoisotopic (exact) mass is 854 g/mol. The molecular weight excluding hydrogens is 792 g/mol. The van der Waals surface area contributed by atoms with E-state index in [1.54, 1.807) is 13.8 Å². The largest absolute Gasteiger partial charge is 0.456 e. The molecule has 4 fully saturated rings. The van der Waals surface area contributed by atoms with Crippen molar-refractivity contribution in [1.82, 2.24) is 0 Å². The van der Waals surface area contributed by atoms with Gasteiger partial charge in [-0.2, -0.15) is 0 Å². The molecule has 4 saturated heterocycles. The number of rotatable bonds is 11. The highest BCUT2D eigenvalue weighted by Gasteiger charge is 2.55. The lowest BCUT2D eigenvalue weighted by molar-refractivity contribution is -0.336. The first-order chi connectivity index (χ1) is 27.4. The highest BCUT2D eigenvalue weighted by molar-refractivity contribution is 5.69. The van der Waals surface area contributed by atoms with Gasteiger partial charge in [0.1, 0.15) is 42.7 Å². The van der Waals surface area contributed by atoms with Crippen LogP contribution in [-0.4, -0.2) is 179 Å². The fourth-order valence-electron chi connectivity index (χ4n) is 7.23. The molecule has 0 aromatic carbocycles. The van der Waals surface area contributed by atoms with Gasteiger partial charge < -0.3 is 77.6 Å². The second kappa shape index (κ2) is 22.1. The van der Waals surface area contributed by atoms with Crippen molar-refractivity contribution in [3.8, 4) is 0 Å². The quantitative estimate of drug-likeness (QED) is 0.121. The Balaban J connectivity index is 0.000000358. The normalized spacial score (nSPS) is 39.9. The summed E-state index contributed by atoms with van der Waals surface area (Å²) >= 11 is 0. The number of carbonyl (C=O) groups excluding carboxylic acids is 5. The Labute approximate surface area is 342 Å². The van der Waals surface area contributed by atoms with Gasteiger partial charge in [0.2, 0.25) is 0 Å². The predicted molar refractivity (Wildman–Crippen MR) is 195 cm³/mol. The highest BCUT2D eigenvalue weighted by Crippen LogP contribution is 2.35. The maximum absolute atomic E-state index is 12.0. The highest BCUT2D eigenvalue weighted by atomic mass is 16.8. The van der Waals surface area contributed by atoms with Crippen molar-refractivity contribution in [3.05, 3.63) is 0 Å². The molecule has 0 aromatic heterocycles. The number of esters is 5. The smallest absolute Gasteiger partial charge is 0.303 e. The van der Waals surface area contributed by atoms with Gasteiger partial charge in [-0.3, -0.25) is 24.0 Å². The van der Waals surface area contributed by atoms with Crippen LogP contribution in [0.2, 0.25) is 0 Å². The Morgan fingerprint density at radius 3 is 1.44 bits per heavy atom. The van der Waals surface area contributed by atoms with Gasteiger partial charge in [0, 0.05) is 34.6 Å². The average molecular weight is 855 g/mol. The summed E-state index contributed by atoms with van der Waals surface area (Å²) in [6, 6.07) is 0.